The Balaban J connectivity index is 1.36. The molecule has 2 aliphatic heterocycles. The third kappa shape index (κ3) is 4.99. The van der Waals surface area contributed by atoms with Crippen LogP contribution in [-0.2, 0) is 10.8 Å². The molecule has 1 fully saturated rings. The molecule has 0 bridgehead atoms. The lowest BCUT2D eigenvalue weighted by atomic mass is 9.84. The topological polar surface area (TPSA) is 62.9 Å². The maximum atomic E-state index is 9.71. The van der Waals surface area contributed by atoms with E-state index in [1.165, 1.54) is 22.5 Å². The Morgan fingerprint density at radius 3 is 1.93 bits per heavy atom. The van der Waals surface area contributed by atoms with Crippen LogP contribution in [0.25, 0.3) is 0 Å². The SMILES string of the molecule is CN1/C(=C/C=C/C=C2\CC\C(=C/C=C/C=C3/Nc4ccccc4C3(C)C)C2=C(C#N)C#N)C(C)(C)c2ccccc21. The van der Waals surface area contributed by atoms with Gasteiger partial charge >= 0.3 is 0 Å². The Kier molecular flexibility index (Phi) is 7.44. The number of hydrogen-bond donors (Lipinski definition) is 1. The molecule has 1 N–H and O–H groups in total. The molecule has 4 nitrogen and oxygen atoms in total. The van der Waals surface area contributed by atoms with Crippen LogP contribution in [-0.4, -0.2) is 7.05 Å². The Labute approximate surface area is 244 Å². The fourth-order valence-electron chi connectivity index (χ4n) is 6.29. The molecule has 3 aliphatic rings. The number of nitrogens with zero attached hydrogens (tertiary/aromatic N) is 3. The number of hydrogen-bond acceptors (Lipinski definition) is 4. The van der Waals surface area contributed by atoms with E-state index in [-0.39, 0.29) is 16.4 Å². The molecule has 41 heavy (non-hydrogen) atoms. The van der Waals surface area contributed by atoms with Crippen molar-refractivity contribution < 1.29 is 0 Å². The fourth-order valence-corrected chi connectivity index (χ4v) is 6.29. The average molecular weight is 537 g/mol. The molecule has 0 atom stereocenters. The van der Waals surface area contributed by atoms with Gasteiger partial charge in [-0.05, 0) is 59.4 Å². The van der Waals surface area contributed by atoms with Gasteiger partial charge in [0.25, 0.3) is 0 Å². The predicted molar refractivity (Wildman–Crippen MR) is 169 cm³/mol. The normalized spacial score (nSPS) is 22.5. The number of para-hydroxylation sites is 2. The average Bonchev–Trinajstić information content (AvgIpc) is 3.54. The lowest BCUT2D eigenvalue weighted by Crippen LogP contribution is -2.22. The number of allylic oxidation sites excluding steroid dienone is 14. The lowest BCUT2D eigenvalue weighted by Gasteiger charge is -2.23. The van der Waals surface area contributed by atoms with Gasteiger partial charge in [0, 0.05) is 46.2 Å². The van der Waals surface area contributed by atoms with Crippen LogP contribution in [0.4, 0.5) is 11.4 Å². The van der Waals surface area contributed by atoms with Crippen LogP contribution in [0.1, 0.15) is 51.7 Å². The maximum Gasteiger partial charge on any atom is 0.137 e. The van der Waals surface area contributed by atoms with Crippen LogP contribution in [0.3, 0.4) is 0 Å². The monoisotopic (exact) mass is 536 g/mol. The Morgan fingerprint density at radius 2 is 1.32 bits per heavy atom. The second-order valence-corrected chi connectivity index (χ2v) is 11.8. The fraction of sp³-hybridized carbons (Fsp3) is 0.243. The molecule has 2 heterocycles. The van der Waals surface area contributed by atoms with E-state index in [4.69, 9.17) is 0 Å². The summed E-state index contributed by atoms with van der Waals surface area (Å²) in [5.74, 6) is 0. The van der Waals surface area contributed by atoms with Gasteiger partial charge in [-0.15, -0.1) is 0 Å². The summed E-state index contributed by atoms with van der Waals surface area (Å²) in [6.07, 6.45) is 18.1. The Morgan fingerprint density at radius 1 is 0.756 bits per heavy atom. The van der Waals surface area contributed by atoms with E-state index >= 15 is 0 Å². The van der Waals surface area contributed by atoms with Gasteiger partial charge in [0.05, 0.1) is 0 Å². The minimum atomic E-state index is -0.0931. The van der Waals surface area contributed by atoms with Gasteiger partial charge in [-0.1, -0.05) is 101 Å². The summed E-state index contributed by atoms with van der Waals surface area (Å²) < 4.78 is 0. The van der Waals surface area contributed by atoms with Crippen molar-refractivity contribution >= 4 is 11.4 Å². The van der Waals surface area contributed by atoms with Crippen molar-refractivity contribution in [3.63, 3.8) is 0 Å². The van der Waals surface area contributed by atoms with Gasteiger partial charge in [0.15, 0.2) is 0 Å². The largest absolute Gasteiger partial charge is 0.358 e. The number of benzene rings is 2. The van der Waals surface area contributed by atoms with Gasteiger partial charge in [-0.3, -0.25) is 0 Å². The van der Waals surface area contributed by atoms with Crippen LogP contribution in [0.2, 0.25) is 0 Å². The van der Waals surface area contributed by atoms with Gasteiger partial charge in [-0.2, -0.15) is 10.5 Å². The first-order valence-corrected chi connectivity index (χ1v) is 14.1. The minimum Gasteiger partial charge on any atom is -0.358 e. The van der Waals surface area contributed by atoms with Gasteiger partial charge in [0.2, 0.25) is 0 Å². The molecule has 0 unspecified atom stereocenters. The van der Waals surface area contributed by atoms with Crippen LogP contribution in [0.5, 0.6) is 0 Å². The van der Waals surface area contributed by atoms with Crippen molar-refractivity contribution in [1.82, 2.24) is 0 Å². The van der Waals surface area contributed by atoms with E-state index in [1.54, 1.807) is 0 Å². The van der Waals surface area contributed by atoms with E-state index < -0.39 is 0 Å². The van der Waals surface area contributed by atoms with E-state index in [2.05, 4.69) is 118 Å². The number of anilines is 2. The molecule has 4 heteroatoms. The molecule has 5 rings (SSSR count). The first kappa shape index (κ1) is 27.8. The second-order valence-electron chi connectivity index (χ2n) is 11.8. The van der Waals surface area contributed by atoms with Crippen molar-refractivity contribution in [2.45, 2.75) is 51.4 Å². The molecule has 0 amide bonds. The zero-order valence-corrected chi connectivity index (χ0v) is 24.5. The standard InChI is InChI=1S/C37H36N4/c1-36(2)29-16-8-10-18-31(29)40-33(36)20-12-6-14-26-22-23-27(35(26)28(24-38)25-39)15-7-13-21-34-37(3,4)30-17-9-11-19-32(30)41(34)5/h6-21,40H,22-23H2,1-5H3/b12-6+,13-7+,26-14+,27-15+,33-20+,34-21+. The molecular weight excluding hydrogens is 500 g/mol. The van der Waals surface area contributed by atoms with Crippen molar-refractivity contribution in [2.24, 2.45) is 0 Å². The smallest absolute Gasteiger partial charge is 0.137 e. The van der Waals surface area contributed by atoms with Crippen molar-refractivity contribution in [3.8, 4) is 12.1 Å². The summed E-state index contributed by atoms with van der Waals surface area (Å²) in [6, 6.07) is 21.2. The molecule has 2 aromatic rings. The molecule has 0 aromatic heterocycles. The number of nitrogens with one attached hydrogen (secondary N) is 1. The minimum absolute atomic E-state index is 0.0837. The Bertz CT molecular complexity index is 1670. The molecule has 1 saturated carbocycles. The van der Waals surface area contributed by atoms with Crippen LogP contribution >= 0.6 is 0 Å². The van der Waals surface area contributed by atoms with E-state index in [1.807, 2.05) is 36.4 Å². The first-order valence-electron chi connectivity index (χ1n) is 14.1. The third-order valence-corrected chi connectivity index (χ3v) is 8.60. The molecule has 0 saturated heterocycles. The zero-order valence-electron chi connectivity index (χ0n) is 24.5. The van der Waals surface area contributed by atoms with Crippen molar-refractivity contribution in [2.75, 3.05) is 17.3 Å². The third-order valence-electron chi connectivity index (χ3n) is 8.60. The van der Waals surface area contributed by atoms with Crippen molar-refractivity contribution in [1.29, 1.82) is 10.5 Å². The van der Waals surface area contributed by atoms with Gasteiger partial charge in [-0.25, -0.2) is 0 Å². The Hall–Kier alpha value is -4.80. The van der Waals surface area contributed by atoms with Crippen molar-refractivity contribution in [3.05, 3.63) is 142 Å². The highest BCUT2D eigenvalue weighted by molar-refractivity contribution is 5.70. The molecule has 204 valence electrons. The summed E-state index contributed by atoms with van der Waals surface area (Å²) in [4.78, 5) is 2.25. The summed E-state index contributed by atoms with van der Waals surface area (Å²) >= 11 is 0. The summed E-state index contributed by atoms with van der Waals surface area (Å²) in [7, 11) is 2.11. The predicted octanol–water partition coefficient (Wildman–Crippen LogP) is 8.69. The van der Waals surface area contributed by atoms with Crippen LogP contribution < -0.4 is 10.2 Å². The van der Waals surface area contributed by atoms with Crippen LogP contribution in [0, 0.1) is 22.7 Å². The highest BCUT2D eigenvalue weighted by atomic mass is 15.2. The second kappa shape index (κ2) is 11.0. The summed E-state index contributed by atoms with van der Waals surface area (Å²) in [6.45, 7) is 8.94. The molecule has 2 aromatic carbocycles. The quantitative estimate of drug-likeness (QED) is 0.397. The summed E-state index contributed by atoms with van der Waals surface area (Å²) in [5, 5.41) is 23.0. The number of fused-ring (bicyclic) bond motifs is 2. The van der Waals surface area contributed by atoms with Gasteiger partial charge in [0.1, 0.15) is 17.7 Å². The lowest BCUT2D eigenvalue weighted by molar-refractivity contribution is 0.640. The van der Waals surface area contributed by atoms with Gasteiger partial charge < -0.3 is 10.2 Å². The molecule has 0 radical (unpaired) electrons. The first-order chi connectivity index (χ1) is 19.7. The highest BCUT2D eigenvalue weighted by Gasteiger charge is 2.37. The number of nitriles is 2. The maximum absolute atomic E-state index is 9.71. The summed E-state index contributed by atoms with van der Waals surface area (Å²) in [5.41, 5.74) is 10.2. The number of rotatable bonds is 4. The van der Waals surface area contributed by atoms with E-state index in [0.29, 0.717) is 0 Å². The zero-order chi connectivity index (χ0) is 29.2. The molecular formula is C37H36N4. The van der Waals surface area contributed by atoms with E-state index in [9.17, 15) is 10.5 Å². The molecule has 0 spiro atoms. The number of likely N-dealkylation sites (N-methyl/N-ethyl adjacent to an activating group) is 1. The van der Waals surface area contributed by atoms with Crippen LogP contribution in [0.15, 0.2) is 131 Å². The highest BCUT2D eigenvalue weighted by Crippen LogP contribution is 2.47. The molecule has 1 aliphatic carbocycles. The van der Waals surface area contributed by atoms with E-state index in [0.717, 1.165) is 40.9 Å².